The molecular weight excluding hydrogens is 374 g/mol. The van der Waals surface area contributed by atoms with E-state index >= 15 is 0 Å². The first-order valence-electron chi connectivity index (χ1n) is 8.40. The summed E-state index contributed by atoms with van der Waals surface area (Å²) in [6, 6.07) is 11.8. The monoisotopic (exact) mass is 393 g/mol. The first-order valence-corrected chi connectivity index (χ1v) is 10.2. The number of benzene rings is 1. The second-order valence-corrected chi connectivity index (χ2v) is 8.55. The molecule has 0 saturated carbocycles. The van der Waals surface area contributed by atoms with Gasteiger partial charge in [0.05, 0.1) is 17.1 Å². The van der Waals surface area contributed by atoms with Gasteiger partial charge in [-0.05, 0) is 43.2 Å². The van der Waals surface area contributed by atoms with Crippen LogP contribution in [0.4, 0.5) is 0 Å². The maximum Gasteiger partial charge on any atom is 0.243 e. The van der Waals surface area contributed by atoms with Crippen molar-refractivity contribution in [3.63, 3.8) is 0 Å². The minimum absolute atomic E-state index is 0.0598. The average Bonchev–Trinajstić information content (AvgIpc) is 2.67. The number of rotatable bonds is 5. The molecule has 1 N–H and O–H groups in total. The molecule has 138 valence electrons. The van der Waals surface area contributed by atoms with Crippen molar-refractivity contribution in [2.24, 2.45) is 5.92 Å². The Kier molecular flexibility index (Phi) is 5.90. The van der Waals surface area contributed by atoms with Gasteiger partial charge in [0.15, 0.2) is 0 Å². The predicted octanol–water partition coefficient (Wildman–Crippen LogP) is 2.45. The largest absolute Gasteiger partial charge is 0.350 e. The van der Waals surface area contributed by atoms with Gasteiger partial charge < -0.3 is 5.32 Å². The van der Waals surface area contributed by atoms with Gasteiger partial charge in [0.2, 0.25) is 15.9 Å². The van der Waals surface area contributed by atoms with Crippen molar-refractivity contribution in [3.8, 4) is 0 Å². The van der Waals surface area contributed by atoms with Crippen LogP contribution >= 0.6 is 11.6 Å². The molecule has 2 aromatic rings. The van der Waals surface area contributed by atoms with E-state index in [4.69, 9.17) is 11.6 Å². The summed E-state index contributed by atoms with van der Waals surface area (Å²) in [5.41, 5.74) is 0.793. The van der Waals surface area contributed by atoms with Crippen LogP contribution in [0.15, 0.2) is 53.6 Å². The minimum atomic E-state index is -3.58. The Bertz CT molecular complexity index is 866. The lowest BCUT2D eigenvalue weighted by molar-refractivity contribution is -0.126. The number of aromatic nitrogens is 1. The topological polar surface area (TPSA) is 79.4 Å². The Morgan fingerprint density at radius 3 is 2.62 bits per heavy atom. The molecule has 2 heterocycles. The molecule has 1 aliphatic rings. The molecule has 1 fully saturated rings. The first kappa shape index (κ1) is 18.8. The summed E-state index contributed by atoms with van der Waals surface area (Å²) in [5.74, 6) is -0.250. The number of piperidine rings is 1. The van der Waals surface area contributed by atoms with Crippen LogP contribution in [0, 0.1) is 5.92 Å². The maximum atomic E-state index is 12.7. The summed E-state index contributed by atoms with van der Waals surface area (Å²) >= 11 is 5.90. The molecular formula is C18H20ClN3O3S. The third-order valence-corrected chi connectivity index (χ3v) is 6.56. The second kappa shape index (κ2) is 8.16. The number of hydrogen-bond donors (Lipinski definition) is 1. The van der Waals surface area contributed by atoms with Gasteiger partial charge >= 0.3 is 0 Å². The SMILES string of the molecule is O=C(NCc1ccccn1)C1CCN(S(=O)(=O)c2cccc(Cl)c2)CC1. The van der Waals surface area contributed by atoms with Gasteiger partial charge in [-0.1, -0.05) is 23.7 Å². The van der Waals surface area contributed by atoms with Crippen molar-refractivity contribution in [2.45, 2.75) is 24.3 Å². The molecule has 0 atom stereocenters. The molecule has 6 nitrogen and oxygen atoms in total. The number of carbonyl (C=O) groups excluding carboxylic acids is 1. The van der Waals surface area contributed by atoms with E-state index in [1.807, 2.05) is 18.2 Å². The molecule has 1 amide bonds. The van der Waals surface area contributed by atoms with E-state index in [0.717, 1.165) is 5.69 Å². The van der Waals surface area contributed by atoms with Crippen LogP contribution in [0.2, 0.25) is 5.02 Å². The Morgan fingerprint density at radius 1 is 1.19 bits per heavy atom. The zero-order valence-corrected chi connectivity index (χ0v) is 15.7. The molecule has 26 heavy (non-hydrogen) atoms. The average molecular weight is 394 g/mol. The molecule has 1 aromatic heterocycles. The van der Waals surface area contributed by atoms with Crippen LogP contribution < -0.4 is 5.32 Å². The fourth-order valence-corrected chi connectivity index (χ4v) is 4.73. The normalized spacial score (nSPS) is 16.3. The van der Waals surface area contributed by atoms with Crippen LogP contribution in [0.25, 0.3) is 0 Å². The number of nitrogens with one attached hydrogen (secondary N) is 1. The van der Waals surface area contributed by atoms with Crippen LogP contribution in [0.1, 0.15) is 18.5 Å². The number of sulfonamides is 1. The lowest BCUT2D eigenvalue weighted by Crippen LogP contribution is -2.42. The molecule has 1 aliphatic heterocycles. The Hall–Kier alpha value is -1.96. The molecule has 1 aromatic carbocycles. The van der Waals surface area contributed by atoms with Gasteiger partial charge in [-0.3, -0.25) is 9.78 Å². The fourth-order valence-electron chi connectivity index (χ4n) is 2.96. The number of hydrogen-bond acceptors (Lipinski definition) is 4. The standard InChI is InChI=1S/C18H20ClN3O3S/c19-15-4-3-6-17(12-15)26(24,25)22-10-7-14(8-11-22)18(23)21-13-16-5-1-2-9-20-16/h1-6,9,12,14H,7-8,10-11,13H2,(H,21,23). The quantitative estimate of drug-likeness (QED) is 0.846. The number of halogens is 1. The van der Waals surface area contributed by atoms with Gasteiger partial charge in [-0.25, -0.2) is 8.42 Å². The number of nitrogens with zero attached hydrogens (tertiary/aromatic N) is 2. The van der Waals surface area contributed by atoms with E-state index in [1.165, 1.54) is 16.4 Å². The van der Waals surface area contributed by atoms with E-state index in [0.29, 0.717) is 37.5 Å². The highest BCUT2D eigenvalue weighted by atomic mass is 35.5. The second-order valence-electron chi connectivity index (χ2n) is 6.17. The number of pyridine rings is 1. The summed E-state index contributed by atoms with van der Waals surface area (Å²) in [6.45, 7) is 1.01. The first-order chi connectivity index (χ1) is 12.5. The molecule has 0 aliphatic carbocycles. The zero-order chi connectivity index (χ0) is 18.6. The Balaban J connectivity index is 1.56. The van der Waals surface area contributed by atoms with Gasteiger partial charge in [0.25, 0.3) is 0 Å². The number of amides is 1. The van der Waals surface area contributed by atoms with Crippen molar-refractivity contribution >= 4 is 27.5 Å². The van der Waals surface area contributed by atoms with Gasteiger partial charge in [-0.15, -0.1) is 0 Å². The van der Waals surface area contributed by atoms with Crippen LogP contribution in [-0.4, -0.2) is 36.7 Å². The lowest BCUT2D eigenvalue weighted by atomic mass is 9.97. The van der Waals surface area contributed by atoms with E-state index in [1.54, 1.807) is 18.3 Å². The predicted molar refractivity (Wildman–Crippen MR) is 99.0 cm³/mol. The molecule has 3 rings (SSSR count). The lowest BCUT2D eigenvalue weighted by Gasteiger charge is -2.30. The van der Waals surface area contributed by atoms with Crippen molar-refractivity contribution in [3.05, 3.63) is 59.4 Å². The third kappa shape index (κ3) is 4.41. The minimum Gasteiger partial charge on any atom is -0.350 e. The molecule has 8 heteroatoms. The smallest absolute Gasteiger partial charge is 0.243 e. The highest BCUT2D eigenvalue weighted by Gasteiger charge is 2.32. The molecule has 0 unspecified atom stereocenters. The fraction of sp³-hybridized carbons (Fsp3) is 0.333. The van der Waals surface area contributed by atoms with Crippen molar-refractivity contribution < 1.29 is 13.2 Å². The van der Waals surface area contributed by atoms with Gasteiger partial charge in [0.1, 0.15) is 0 Å². The van der Waals surface area contributed by atoms with Crippen LogP contribution in [0.5, 0.6) is 0 Å². The van der Waals surface area contributed by atoms with Crippen molar-refractivity contribution in [2.75, 3.05) is 13.1 Å². The molecule has 1 saturated heterocycles. The van der Waals surface area contributed by atoms with E-state index in [9.17, 15) is 13.2 Å². The summed E-state index contributed by atoms with van der Waals surface area (Å²) in [5, 5.41) is 3.26. The van der Waals surface area contributed by atoms with Gasteiger partial charge in [-0.2, -0.15) is 4.31 Å². The molecule has 0 bridgehead atoms. The highest BCUT2D eigenvalue weighted by molar-refractivity contribution is 7.89. The highest BCUT2D eigenvalue weighted by Crippen LogP contribution is 2.25. The van der Waals surface area contributed by atoms with E-state index < -0.39 is 10.0 Å². The third-order valence-electron chi connectivity index (χ3n) is 4.43. The van der Waals surface area contributed by atoms with E-state index in [-0.39, 0.29) is 16.7 Å². The van der Waals surface area contributed by atoms with E-state index in [2.05, 4.69) is 10.3 Å². The molecule has 0 radical (unpaired) electrons. The van der Waals surface area contributed by atoms with Gasteiger partial charge in [0, 0.05) is 30.2 Å². The summed E-state index contributed by atoms with van der Waals surface area (Å²) in [4.78, 5) is 16.7. The summed E-state index contributed by atoms with van der Waals surface area (Å²) in [6.07, 6.45) is 2.67. The van der Waals surface area contributed by atoms with Crippen molar-refractivity contribution in [1.82, 2.24) is 14.6 Å². The van der Waals surface area contributed by atoms with Crippen molar-refractivity contribution in [1.29, 1.82) is 0 Å². The summed E-state index contributed by atoms with van der Waals surface area (Å²) < 4.78 is 26.8. The maximum absolute atomic E-state index is 12.7. The Labute approximate surface area is 158 Å². The zero-order valence-electron chi connectivity index (χ0n) is 14.1. The van der Waals surface area contributed by atoms with Crippen LogP contribution in [-0.2, 0) is 21.4 Å². The number of carbonyl (C=O) groups is 1. The summed E-state index contributed by atoms with van der Waals surface area (Å²) in [7, 11) is -3.58. The Morgan fingerprint density at radius 2 is 1.96 bits per heavy atom. The molecule has 0 spiro atoms. The van der Waals surface area contributed by atoms with Crippen LogP contribution in [0.3, 0.4) is 0 Å².